The van der Waals surface area contributed by atoms with E-state index in [1.807, 2.05) is 52.8 Å². The lowest BCUT2D eigenvalue weighted by molar-refractivity contribution is 0.139. The van der Waals surface area contributed by atoms with E-state index in [9.17, 15) is 9.59 Å². The Morgan fingerprint density at radius 3 is 2.48 bits per heavy atom. The number of anilines is 1. The smallest absolute Gasteiger partial charge is 0.321 e. The number of rotatable bonds is 4. The molecule has 0 aromatic heterocycles. The number of carbonyl (C=O) groups excluding carboxylic acids is 2. The number of hydrogen-bond donors (Lipinski definition) is 1. The summed E-state index contributed by atoms with van der Waals surface area (Å²) in [6, 6.07) is 14.6. The second-order valence-electron chi connectivity index (χ2n) is 8.78. The maximum atomic E-state index is 13.0. The Hall–Kier alpha value is -3.02. The molecular weight excluding hydrogens is 388 g/mol. The molecule has 164 valence electrons. The van der Waals surface area contributed by atoms with Gasteiger partial charge < -0.3 is 20.0 Å². The zero-order chi connectivity index (χ0) is 22.0. The van der Waals surface area contributed by atoms with E-state index in [1.54, 1.807) is 0 Å². The van der Waals surface area contributed by atoms with Crippen molar-refractivity contribution in [3.05, 3.63) is 64.7 Å². The van der Waals surface area contributed by atoms with Crippen LogP contribution in [-0.4, -0.2) is 59.0 Å². The summed E-state index contributed by atoms with van der Waals surface area (Å²) in [6.45, 7) is 9.68. The molecule has 1 N–H and O–H groups in total. The number of hydrogen-bond acceptors (Lipinski definition) is 2. The number of aryl methyl sites for hydroxylation is 2. The minimum absolute atomic E-state index is 0.0547. The van der Waals surface area contributed by atoms with Crippen LogP contribution < -0.4 is 5.32 Å². The lowest BCUT2D eigenvalue weighted by Crippen LogP contribution is -2.49. The predicted octanol–water partition coefficient (Wildman–Crippen LogP) is 4.55. The van der Waals surface area contributed by atoms with Gasteiger partial charge in [-0.05, 0) is 56.4 Å². The number of urea groups is 2. The molecule has 0 spiro atoms. The first-order valence-electron chi connectivity index (χ1n) is 11.2. The molecule has 6 nitrogen and oxygen atoms in total. The van der Waals surface area contributed by atoms with Crippen molar-refractivity contribution in [3.63, 3.8) is 0 Å². The molecule has 2 fully saturated rings. The van der Waals surface area contributed by atoms with Crippen molar-refractivity contribution in [1.82, 2.24) is 14.7 Å². The highest BCUT2D eigenvalue weighted by Crippen LogP contribution is 2.24. The van der Waals surface area contributed by atoms with Crippen LogP contribution in [0.5, 0.6) is 0 Å². The number of benzene rings is 2. The first-order chi connectivity index (χ1) is 14.9. The summed E-state index contributed by atoms with van der Waals surface area (Å²) in [4.78, 5) is 31.5. The minimum atomic E-state index is -0.0547. The number of nitrogens with zero attached hydrogens (tertiary/aromatic N) is 3. The van der Waals surface area contributed by atoms with Crippen molar-refractivity contribution in [3.8, 4) is 0 Å². The first kappa shape index (κ1) is 21.2. The number of carbonyl (C=O) groups is 2. The minimum Gasteiger partial charge on any atom is -0.324 e. The van der Waals surface area contributed by atoms with Crippen molar-refractivity contribution < 1.29 is 9.59 Å². The zero-order valence-electron chi connectivity index (χ0n) is 18.7. The molecule has 2 aliphatic rings. The van der Waals surface area contributed by atoms with Gasteiger partial charge in [-0.1, -0.05) is 42.0 Å². The van der Waals surface area contributed by atoms with Crippen molar-refractivity contribution in [1.29, 1.82) is 0 Å². The van der Waals surface area contributed by atoms with E-state index in [4.69, 9.17) is 0 Å². The molecule has 2 saturated heterocycles. The van der Waals surface area contributed by atoms with Crippen LogP contribution >= 0.6 is 0 Å². The van der Waals surface area contributed by atoms with E-state index >= 15 is 0 Å². The predicted molar refractivity (Wildman–Crippen MR) is 123 cm³/mol. The lowest BCUT2D eigenvalue weighted by atomic mass is 10.0. The zero-order valence-corrected chi connectivity index (χ0v) is 18.7. The van der Waals surface area contributed by atoms with Gasteiger partial charge in [0.15, 0.2) is 0 Å². The maximum absolute atomic E-state index is 13.0. The quantitative estimate of drug-likeness (QED) is 0.789. The van der Waals surface area contributed by atoms with Gasteiger partial charge in [0.2, 0.25) is 0 Å². The molecule has 2 aromatic carbocycles. The van der Waals surface area contributed by atoms with E-state index in [-0.39, 0.29) is 18.1 Å². The molecule has 4 rings (SSSR count). The van der Waals surface area contributed by atoms with Crippen LogP contribution in [0.1, 0.15) is 35.1 Å². The third-order valence-electron chi connectivity index (χ3n) is 6.62. The second-order valence-corrected chi connectivity index (χ2v) is 8.78. The van der Waals surface area contributed by atoms with Gasteiger partial charge in [-0.2, -0.15) is 0 Å². The fraction of sp³-hybridized carbons (Fsp3) is 0.440. The molecule has 2 aliphatic heterocycles. The summed E-state index contributed by atoms with van der Waals surface area (Å²) < 4.78 is 0. The van der Waals surface area contributed by atoms with Crippen molar-refractivity contribution >= 4 is 17.7 Å². The van der Waals surface area contributed by atoms with Gasteiger partial charge in [0.05, 0.1) is 0 Å². The standard InChI is InChI=1S/C25H32N4O2/c1-18-6-4-8-21(16-18)17-28-14-15-29(25(28)31)22-10-12-27(13-11-22)24(30)26-23-9-5-7-19(2)20(23)3/h4-9,16,22H,10-15,17H2,1-3H3,(H,26,30). The lowest BCUT2D eigenvalue weighted by Gasteiger charge is -2.36. The van der Waals surface area contributed by atoms with E-state index in [2.05, 4.69) is 30.4 Å². The molecule has 0 atom stereocenters. The molecule has 4 amide bonds. The van der Waals surface area contributed by atoms with Gasteiger partial charge in [0, 0.05) is 44.5 Å². The maximum Gasteiger partial charge on any atom is 0.321 e. The summed E-state index contributed by atoms with van der Waals surface area (Å²) in [5.74, 6) is 0. The van der Waals surface area contributed by atoms with Crippen LogP contribution in [0.3, 0.4) is 0 Å². The third-order valence-corrected chi connectivity index (χ3v) is 6.62. The summed E-state index contributed by atoms with van der Waals surface area (Å²) in [5, 5.41) is 3.05. The molecule has 2 heterocycles. The Bertz CT molecular complexity index is 966. The SMILES string of the molecule is Cc1cccc(CN2CCN(C3CCN(C(=O)Nc4cccc(C)c4C)CC3)C2=O)c1. The highest BCUT2D eigenvalue weighted by atomic mass is 16.2. The van der Waals surface area contributed by atoms with E-state index in [0.717, 1.165) is 37.2 Å². The summed E-state index contributed by atoms with van der Waals surface area (Å²) in [7, 11) is 0. The van der Waals surface area contributed by atoms with Gasteiger partial charge in [0.1, 0.15) is 0 Å². The average Bonchev–Trinajstić information content (AvgIpc) is 3.11. The number of amides is 4. The average molecular weight is 421 g/mol. The number of likely N-dealkylation sites (tertiary alicyclic amines) is 1. The molecule has 0 bridgehead atoms. The Morgan fingerprint density at radius 1 is 1.00 bits per heavy atom. The van der Waals surface area contributed by atoms with Crippen LogP contribution in [0.4, 0.5) is 15.3 Å². The Kier molecular flexibility index (Phi) is 6.16. The number of piperidine rings is 1. The van der Waals surface area contributed by atoms with E-state index in [1.165, 1.54) is 16.7 Å². The first-order valence-corrected chi connectivity index (χ1v) is 11.2. The molecule has 6 heteroatoms. The summed E-state index contributed by atoms with van der Waals surface area (Å²) >= 11 is 0. The topological polar surface area (TPSA) is 55.9 Å². The Balaban J connectivity index is 1.30. The molecule has 0 saturated carbocycles. The molecular formula is C25H32N4O2. The fourth-order valence-corrected chi connectivity index (χ4v) is 4.58. The highest BCUT2D eigenvalue weighted by Gasteiger charge is 2.36. The normalized spacial score (nSPS) is 17.4. The van der Waals surface area contributed by atoms with Crippen LogP contribution in [0, 0.1) is 20.8 Å². The molecule has 31 heavy (non-hydrogen) atoms. The van der Waals surface area contributed by atoms with Crippen molar-refractivity contribution in [2.24, 2.45) is 0 Å². The summed E-state index contributed by atoms with van der Waals surface area (Å²) in [6.07, 6.45) is 1.65. The Labute approximate surface area is 184 Å². The van der Waals surface area contributed by atoms with Crippen molar-refractivity contribution in [2.45, 2.75) is 46.2 Å². The van der Waals surface area contributed by atoms with Crippen LogP contribution in [0.25, 0.3) is 0 Å². The molecule has 0 unspecified atom stereocenters. The van der Waals surface area contributed by atoms with Crippen LogP contribution in [0.15, 0.2) is 42.5 Å². The number of nitrogens with one attached hydrogen (secondary N) is 1. The van der Waals surface area contributed by atoms with Crippen molar-refractivity contribution in [2.75, 3.05) is 31.5 Å². The van der Waals surface area contributed by atoms with Crippen LogP contribution in [0.2, 0.25) is 0 Å². The van der Waals surface area contributed by atoms with E-state index in [0.29, 0.717) is 19.6 Å². The fourth-order valence-electron chi connectivity index (χ4n) is 4.58. The molecule has 2 aromatic rings. The van der Waals surface area contributed by atoms with E-state index < -0.39 is 0 Å². The van der Waals surface area contributed by atoms with Gasteiger partial charge in [-0.25, -0.2) is 9.59 Å². The summed E-state index contributed by atoms with van der Waals surface area (Å²) in [5.41, 5.74) is 5.52. The van der Waals surface area contributed by atoms with Gasteiger partial charge in [-0.15, -0.1) is 0 Å². The Morgan fingerprint density at radius 2 is 1.74 bits per heavy atom. The monoisotopic (exact) mass is 420 g/mol. The molecule has 0 aliphatic carbocycles. The van der Waals surface area contributed by atoms with Gasteiger partial charge in [0.25, 0.3) is 0 Å². The molecule has 0 radical (unpaired) electrons. The highest BCUT2D eigenvalue weighted by molar-refractivity contribution is 5.90. The largest absolute Gasteiger partial charge is 0.324 e. The van der Waals surface area contributed by atoms with Gasteiger partial charge in [-0.3, -0.25) is 0 Å². The van der Waals surface area contributed by atoms with Crippen LogP contribution in [-0.2, 0) is 6.54 Å². The van der Waals surface area contributed by atoms with Gasteiger partial charge >= 0.3 is 12.1 Å². The third kappa shape index (κ3) is 4.68. The second kappa shape index (κ2) is 9.00.